The van der Waals surface area contributed by atoms with Crippen LogP contribution in [0.2, 0.25) is 0 Å². The number of aryl methyl sites for hydroxylation is 1. The van der Waals surface area contributed by atoms with E-state index in [9.17, 15) is 4.79 Å². The summed E-state index contributed by atoms with van der Waals surface area (Å²) in [5, 5.41) is 12.4. The fraction of sp³-hybridized carbons (Fsp3) is 0.250. The van der Waals surface area contributed by atoms with E-state index in [-0.39, 0.29) is 11.2 Å². The van der Waals surface area contributed by atoms with Crippen molar-refractivity contribution in [3.8, 4) is 0 Å². The van der Waals surface area contributed by atoms with Gasteiger partial charge in [-0.3, -0.25) is 10.1 Å². The van der Waals surface area contributed by atoms with E-state index in [1.165, 1.54) is 23.1 Å². The van der Waals surface area contributed by atoms with E-state index < -0.39 is 0 Å². The number of amides is 1. The molecule has 6 heteroatoms. The Kier molecular flexibility index (Phi) is 6.80. The lowest BCUT2D eigenvalue weighted by Gasteiger charge is -2.16. The van der Waals surface area contributed by atoms with Crippen molar-refractivity contribution >= 4 is 34.1 Å². The van der Waals surface area contributed by atoms with Crippen LogP contribution in [0.5, 0.6) is 0 Å². The van der Waals surface area contributed by atoms with Gasteiger partial charge in [-0.05, 0) is 24.1 Å². The maximum atomic E-state index is 12.9. The number of benzene rings is 2. The second-order valence-corrected chi connectivity index (χ2v) is 8.06. The molecule has 1 heterocycles. The number of nitrogens with one attached hydrogen (secondary N) is 1. The smallest absolute Gasteiger partial charge is 0.244 e. The second kappa shape index (κ2) is 9.50. The molecule has 0 aliphatic carbocycles. The van der Waals surface area contributed by atoms with Crippen molar-refractivity contribution in [1.82, 2.24) is 10.2 Å². The highest BCUT2D eigenvalue weighted by atomic mass is 32.2. The normalized spacial score (nSPS) is 11.9. The molecule has 26 heavy (non-hydrogen) atoms. The molecule has 0 aliphatic heterocycles. The third-order valence-corrected chi connectivity index (χ3v) is 5.94. The average Bonchev–Trinajstić information content (AvgIpc) is 3.13. The van der Waals surface area contributed by atoms with Crippen molar-refractivity contribution in [2.45, 2.75) is 36.3 Å². The largest absolute Gasteiger partial charge is 0.299 e. The van der Waals surface area contributed by atoms with E-state index in [0.29, 0.717) is 5.13 Å². The number of unbranched alkanes of at least 4 members (excludes halogenated alkanes) is 1. The SMILES string of the molecule is CCCCc1nnc(NC(=O)[C@@H](Sc2ccccc2)c2ccccc2)s1. The first-order chi connectivity index (χ1) is 12.8. The van der Waals surface area contributed by atoms with Gasteiger partial charge in [0.25, 0.3) is 0 Å². The fourth-order valence-electron chi connectivity index (χ4n) is 2.44. The molecule has 0 radical (unpaired) electrons. The number of hydrogen-bond acceptors (Lipinski definition) is 5. The summed E-state index contributed by atoms with van der Waals surface area (Å²) in [5.41, 5.74) is 0.967. The lowest BCUT2D eigenvalue weighted by atomic mass is 10.1. The predicted molar refractivity (Wildman–Crippen MR) is 109 cm³/mol. The summed E-state index contributed by atoms with van der Waals surface area (Å²) < 4.78 is 0. The quantitative estimate of drug-likeness (QED) is 0.533. The van der Waals surface area contributed by atoms with Gasteiger partial charge in [-0.15, -0.1) is 22.0 Å². The number of rotatable bonds is 8. The summed E-state index contributed by atoms with van der Waals surface area (Å²) in [6.07, 6.45) is 3.11. The van der Waals surface area contributed by atoms with Crippen molar-refractivity contribution in [1.29, 1.82) is 0 Å². The number of aromatic nitrogens is 2. The lowest BCUT2D eigenvalue weighted by Crippen LogP contribution is -2.18. The Hall–Kier alpha value is -2.18. The summed E-state index contributed by atoms with van der Waals surface area (Å²) in [6, 6.07) is 19.8. The zero-order chi connectivity index (χ0) is 18.2. The monoisotopic (exact) mass is 383 g/mol. The zero-order valence-corrected chi connectivity index (χ0v) is 16.2. The molecular weight excluding hydrogens is 362 g/mol. The molecule has 0 saturated carbocycles. The highest BCUT2D eigenvalue weighted by Crippen LogP contribution is 2.36. The number of anilines is 1. The summed E-state index contributed by atoms with van der Waals surface area (Å²) >= 11 is 2.99. The van der Waals surface area contributed by atoms with E-state index in [0.717, 1.165) is 34.7 Å². The highest BCUT2D eigenvalue weighted by Gasteiger charge is 2.23. The molecule has 1 atom stereocenters. The van der Waals surface area contributed by atoms with Crippen LogP contribution in [-0.4, -0.2) is 16.1 Å². The predicted octanol–water partition coefficient (Wildman–Crippen LogP) is 5.35. The molecule has 3 rings (SSSR count). The van der Waals surface area contributed by atoms with Gasteiger partial charge in [-0.2, -0.15) is 0 Å². The Bertz CT molecular complexity index is 821. The first-order valence-corrected chi connectivity index (χ1v) is 10.4. The molecule has 3 aromatic rings. The van der Waals surface area contributed by atoms with E-state index in [2.05, 4.69) is 22.4 Å². The van der Waals surface area contributed by atoms with Crippen LogP contribution in [0.1, 0.15) is 35.6 Å². The van der Waals surface area contributed by atoms with Crippen LogP contribution in [-0.2, 0) is 11.2 Å². The van der Waals surface area contributed by atoms with Crippen molar-refractivity contribution < 1.29 is 4.79 Å². The lowest BCUT2D eigenvalue weighted by molar-refractivity contribution is -0.115. The first-order valence-electron chi connectivity index (χ1n) is 8.66. The maximum Gasteiger partial charge on any atom is 0.244 e. The number of nitrogens with zero attached hydrogens (tertiary/aromatic N) is 2. The standard InChI is InChI=1S/C20H21N3OS2/c1-2-3-14-17-22-23-20(26-17)21-19(24)18(15-10-6-4-7-11-15)25-16-12-8-5-9-13-16/h4-13,18H,2-3,14H2,1H3,(H,21,23,24)/t18-/m0/s1. The number of hydrogen-bond donors (Lipinski definition) is 1. The van der Waals surface area contributed by atoms with Gasteiger partial charge in [-0.25, -0.2) is 0 Å². The third-order valence-electron chi connectivity index (χ3n) is 3.78. The Morgan fingerprint density at radius 3 is 2.46 bits per heavy atom. The molecule has 0 saturated heterocycles. The van der Waals surface area contributed by atoms with Crippen LogP contribution in [0.3, 0.4) is 0 Å². The van der Waals surface area contributed by atoms with Crippen LogP contribution in [0.4, 0.5) is 5.13 Å². The summed E-state index contributed by atoms with van der Waals surface area (Å²) in [5.74, 6) is -0.0803. The van der Waals surface area contributed by atoms with E-state index in [1.54, 1.807) is 0 Å². The maximum absolute atomic E-state index is 12.9. The third kappa shape index (κ3) is 5.16. The molecule has 0 bridgehead atoms. The van der Waals surface area contributed by atoms with Gasteiger partial charge in [0, 0.05) is 11.3 Å². The molecule has 1 aromatic heterocycles. The van der Waals surface area contributed by atoms with Gasteiger partial charge >= 0.3 is 0 Å². The van der Waals surface area contributed by atoms with E-state index in [4.69, 9.17) is 0 Å². The summed E-state index contributed by atoms with van der Waals surface area (Å²) in [4.78, 5) is 14.0. The number of carbonyl (C=O) groups is 1. The molecule has 1 amide bonds. The Morgan fingerprint density at radius 2 is 1.77 bits per heavy atom. The zero-order valence-electron chi connectivity index (χ0n) is 14.6. The minimum absolute atomic E-state index is 0.0803. The molecule has 1 N–H and O–H groups in total. The van der Waals surface area contributed by atoms with Crippen LogP contribution in [0, 0.1) is 0 Å². The number of thioether (sulfide) groups is 1. The van der Waals surface area contributed by atoms with Gasteiger partial charge < -0.3 is 0 Å². The second-order valence-electron chi connectivity index (χ2n) is 5.82. The minimum atomic E-state index is -0.346. The minimum Gasteiger partial charge on any atom is -0.299 e. The van der Waals surface area contributed by atoms with Crippen molar-refractivity contribution in [2.75, 3.05) is 5.32 Å². The Balaban J connectivity index is 1.75. The fourth-order valence-corrected chi connectivity index (χ4v) is 4.27. The Morgan fingerprint density at radius 1 is 1.08 bits per heavy atom. The van der Waals surface area contributed by atoms with Crippen molar-refractivity contribution in [3.63, 3.8) is 0 Å². The summed E-state index contributed by atoms with van der Waals surface area (Å²) in [6.45, 7) is 2.15. The Labute approximate surface area is 162 Å². The van der Waals surface area contributed by atoms with Gasteiger partial charge in [-0.1, -0.05) is 73.2 Å². The van der Waals surface area contributed by atoms with Crippen LogP contribution < -0.4 is 5.32 Å². The molecular formula is C20H21N3OS2. The molecule has 2 aromatic carbocycles. The van der Waals surface area contributed by atoms with Crippen molar-refractivity contribution in [3.05, 3.63) is 71.2 Å². The highest BCUT2D eigenvalue weighted by molar-refractivity contribution is 8.00. The van der Waals surface area contributed by atoms with Gasteiger partial charge in [0.05, 0.1) is 0 Å². The molecule has 0 fully saturated rings. The molecule has 134 valence electrons. The summed E-state index contributed by atoms with van der Waals surface area (Å²) in [7, 11) is 0. The molecule has 0 unspecified atom stereocenters. The van der Waals surface area contributed by atoms with Crippen molar-refractivity contribution in [2.24, 2.45) is 0 Å². The van der Waals surface area contributed by atoms with E-state index >= 15 is 0 Å². The van der Waals surface area contributed by atoms with Crippen LogP contribution in [0.15, 0.2) is 65.6 Å². The first kappa shape index (κ1) is 18.6. The van der Waals surface area contributed by atoms with Crippen LogP contribution in [0.25, 0.3) is 0 Å². The van der Waals surface area contributed by atoms with E-state index in [1.807, 2.05) is 60.7 Å². The van der Waals surface area contributed by atoms with Gasteiger partial charge in [0.2, 0.25) is 11.0 Å². The topological polar surface area (TPSA) is 54.9 Å². The molecule has 0 aliphatic rings. The molecule has 0 spiro atoms. The van der Waals surface area contributed by atoms with Gasteiger partial charge in [0.1, 0.15) is 10.3 Å². The number of carbonyl (C=O) groups excluding carboxylic acids is 1. The molecule has 4 nitrogen and oxygen atoms in total. The van der Waals surface area contributed by atoms with Crippen LogP contribution >= 0.6 is 23.1 Å². The van der Waals surface area contributed by atoms with Gasteiger partial charge in [0.15, 0.2) is 0 Å². The average molecular weight is 384 g/mol.